The predicted octanol–water partition coefficient (Wildman–Crippen LogP) is 2.49. The van der Waals surface area contributed by atoms with Crippen molar-refractivity contribution in [1.82, 2.24) is 0 Å². The fraction of sp³-hybridized carbons (Fsp3) is 0.389. The fourth-order valence-corrected chi connectivity index (χ4v) is 4.21. The first-order valence-electron chi connectivity index (χ1n) is 8.09. The van der Waals surface area contributed by atoms with E-state index in [1.54, 1.807) is 11.3 Å². The van der Waals surface area contributed by atoms with Gasteiger partial charge in [0.25, 0.3) is 5.91 Å². The molecule has 1 aliphatic carbocycles. The van der Waals surface area contributed by atoms with E-state index in [0.29, 0.717) is 10.6 Å². The number of hydrogen-bond acceptors (Lipinski definition) is 4. The molecular weight excluding hydrogens is 320 g/mol. The third-order valence-electron chi connectivity index (χ3n) is 4.25. The molecule has 0 radical (unpaired) electrons. The number of carbonyl (C=O) groups excluding carboxylic acids is 1. The van der Waals surface area contributed by atoms with Gasteiger partial charge in [-0.25, -0.2) is 0 Å². The van der Waals surface area contributed by atoms with Crippen LogP contribution in [0.1, 0.15) is 28.8 Å². The van der Waals surface area contributed by atoms with Crippen LogP contribution in [0.4, 0.5) is 10.7 Å². The Balaban J connectivity index is 1.71. The molecule has 0 aliphatic heterocycles. The molecule has 0 aromatic carbocycles. The van der Waals surface area contributed by atoms with Crippen molar-refractivity contribution in [3.05, 3.63) is 40.5 Å². The molecule has 0 atom stereocenters. The SMILES string of the molecule is CN(C)c1cc[n+](CC(=O)Nc2sc3c(c2C#N)CCCC3)cc1. The van der Waals surface area contributed by atoms with Gasteiger partial charge in [0.1, 0.15) is 11.1 Å². The smallest absolute Gasteiger partial charge is 0.290 e. The van der Waals surface area contributed by atoms with Gasteiger partial charge in [-0.2, -0.15) is 9.83 Å². The molecule has 2 aromatic heterocycles. The van der Waals surface area contributed by atoms with Crippen LogP contribution in [-0.2, 0) is 24.2 Å². The second-order valence-corrected chi connectivity index (χ2v) is 7.30. The molecule has 0 saturated heterocycles. The van der Waals surface area contributed by atoms with Crippen molar-refractivity contribution in [2.45, 2.75) is 32.2 Å². The fourth-order valence-electron chi connectivity index (χ4n) is 2.96. The maximum absolute atomic E-state index is 12.3. The number of amides is 1. The van der Waals surface area contributed by atoms with Gasteiger partial charge >= 0.3 is 0 Å². The molecule has 1 N–H and O–H groups in total. The van der Waals surface area contributed by atoms with Crippen molar-refractivity contribution in [1.29, 1.82) is 5.26 Å². The molecular formula is C18H21N4OS+. The molecule has 1 amide bonds. The standard InChI is InChI=1S/C18H20N4OS/c1-21(2)13-7-9-22(10-8-13)12-17(23)20-18-15(11-19)14-5-3-4-6-16(14)24-18/h7-10H,3-6,12H2,1-2H3/p+1. The number of pyridine rings is 1. The largest absolute Gasteiger partial charge is 0.377 e. The van der Waals surface area contributed by atoms with E-state index in [1.807, 2.05) is 48.1 Å². The highest BCUT2D eigenvalue weighted by Gasteiger charge is 2.22. The zero-order valence-electron chi connectivity index (χ0n) is 14.0. The van der Waals surface area contributed by atoms with Gasteiger partial charge in [-0.15, -0.1) is 11.3 Å². The summed E-state index contributed by atoms with van der Waals surface area (Å²) in [7, 11) is 3.96. The molecule has 5 nitrogen and oxygen atoms in total. The molecule has 0 spiro atoms. The van der Waals surface area contributed by atoms with Crippen LogP contribution >= 0.6 is 11.3 Å². The first-order chi connectivity index (χ1) is 11.6. The van der Waals surface area contributed by atoms with Crippen molar-refractivity contribution >= 4 is 27.9 Å². The third-order valence-corrected chi connectivity index (χ3v) is 5.46. The number of nitrogens with zero attached hydrogens (tertiary/aromatic N) is 3. The number of fused-ring (bicyclic) bond motifs is 1. The van der Waals surface area contributed by atoms with E-state index < -0.39 is 0 Å². The molecule has 6 heteroatoms. The average Bonchev–Trinajstić information content (AvgIpc) is 2.92. The molecule has 0 saturated carbocycles. The zero-order valence-corrected chi connectivity index (χ0v) is 14.8. The topological polar surface area (TPSA) is 60.0 Å². The molecule has 3 rings (SSSR count). The number of hydrogen-bond donors (Lipinski definition) is 1. The van der Waals surface area contributed by atoms with Crippen LogP contribution in [0, 0.1) is 11.3 Å². The summed E-state index contributed by atoms with van der Waals surface area (Å²) in [6.07, 6.45) is 8.04. The van der Waals surface area contributed by atoms with Gasteiger partial charge in [-0.3, -0.25) is 4.79 Å². The third kappa shape index (κ3) is 3.41. The monoisotopic (exact) mass is 341 g/mol. The summed E-state index contributed by atoms with van der Waals surface area (Å²) in [5.41, 5.74) is 2.90. The number of rotatable bonds is 4. The van der Waals surface area contributed by atoms with Crippen molar-refractivity contribution < 1.29 is 9.36 Å². The van der Waals surface area contributed by atoms with E-state index in [9.17, 15) is 10.1 Å². The zero-order chi connectivity index (χ0) is 17.1. The number of carbonyl (C=O) groups is 1. The van der Waals surface area contributed by atoms with E-state index in [2.05, 4.69) is 11.4 Å². The van der Waals surface area contributed by atoms with Crippen molar-refractivity contribution in [3.63, 3.8) is 0 Å². The van der Waals surface area contributed by atoms with Crippen LogP contribution in [-0.4, -0.2) is 20.0 Å². The lowest BCUT2D eigenvalue weighted by Crippen LogP contribution is -2.39. The molecule has 124 valence electrons. The normalized spacial score (nSPS) is 13.0. The van der Waals surface area contributed by atoms with Crippen molar-refractivity contribution in [3.8, 4) is 6.07 Å². The maximum Gasteiger partial charge on any atom is 0.290 e. The van der Waals surface area contributed by atoms with Crippen LogP contribution < -0.4 is 14.8 Å². The number of nitrogens with one attached hydrogen (secondary N) is 1. The molecule has 0 fully saturated rings. The van der Waals surface area contributed by atoms with Gasteiger partial charge in [0.2, 0.25) is 6.54 Å². The van der Waals surface area contributed by atoms with Gasteiger partial charge in [0, 0.05) is 36.8 Å². The van der Waals surface area contributed by atoms with Gasteiger partial charge < -0.3 is 10.2 Å². The first kappa shape index (κ1) is 16.5. The molecule has 1 aliphatic rings. The Morgan fingerprint density at radius 2 is 2.04 bits per heavy atom. The Morgan fingerprint density at radius 1 is 1.33 bits per heavy atom. The van der Waals surface area contributed by atoms with E-state index in [-0.39, 0.29) is 12.5 Å². The van der Waals surface area contributed by atoms with Gasteiger partial charge in [-0.1, -0.05) is 0 Å². The molecule has 2 heterocycles. The van der Waals surface area contributed by atoms with Crippen molar-refractivity contribution in [2.24, 2.45) is 0 Å². The summed E-state index contributed by atoms with van der Waals surface area (Å²) >= 11 is 1.56. The summed E-state index contributed by atoms with van der Waals surface area (Å²) in [6.45, 7) is 0.237. The van der Waals surface area contributed by atoms with E-state index in [4.69, 9.17) is 0 Å². The first-order valence-corrected chi connectivity index (χ1v) is 8.91. The Morgan fingerprint density at radius 3 is 2.71 bits per heavy atom. The summed E-state index contributed by atoms with van der Waals surface area (Å²) in [4.78, 5) is 15.6. The Labute approximate surface area is 146 Å². The van der Waals surface area contributed by atoms with E-state index >= 15 is 0 Å². The number of nitriles is 1. The molecule has 0 bridgehead atoms. The number of thiophene rings is 1. The maximum atomic E-state index is 12.3. The van der Waals surface area contributed by atoms with E-state index in [0.717, 1.165) is 30.5 Å². The van der Waals surface area contributed by atoms with Crippen LogP contribution in [0.25, 0.3) is 0 Å². The highest BCUT2D eigenvalue weighted by molar-refractivity contribution is 7.16. The molecule has 2 aromatic rings. The second kappa shape index (κ2) is 7.02. The number of aryl methyl sites for hydroxylation is 1. The van der Waals surface area contributed by atoms with Crippen LogP contribution in [0.15, 0.2) is 24.5 Å². The average molecular weight is 341 g/mol. The predicted molar refractivity (Wildman–Crippen MR) is 95.3 cm³/mol. The minimum atomic E-state index is -0.104. The Hall–Kier alpha value is -2.39. The number of anilines is 2. The Kier molecular flexibility index (Phi) is 4.81. The quantitative estimate of drug-likeness (QED) is 0.869. The molecule has 24 heavy (non-hydrogen) atoms. The minimum absolute atomic E-state index is 0.104. The van der Waals surface area contributed by atoms with Crippen LogP contribution in [0.2, 0.25) is 0 Å². The minimum Gasteiger partial charge on any atom is -0.377 e. The van der Waals surface area contributed by atoms with Gasteiger partial charge in [-0.05, 0) is 31.2 Å². The summed E-state index contributed by atoms with van der Waals surface area (Å²) < 4.78 is 1.84. The number of aromatic nitrogens is 1. The lowest BCUT2D eigenvalue weighted by molar-refractivity contribution is -0.684. The summed E-state index contributed by atoms with van der Waals surface area (Å²) in [5.74, 6) is -0.104. The highest BCUT2D eigenvalue weighted by atomic mass is 32.1. The lowest BCUT2D eigenvalue weighted by atomic mass is 9.96. The van der Waals surface area contributed by atoms with Crippen LogP contribution in [0.3, 0.4) is 0 Å². The summed E-state index contributed by atoms with van der Waals surface area (Å²) in [5, 5.41) is 13.1. The highest BCUT2D eigenvalue weighted by Crippen LogP contribution is 2.37. The summed E-state index contributed by atoms with van der Waals surface area (Å²) in [6, 6.07) is 6.22. The van der Waals surface area contributed by atoms with Gasteiger partial charge in [0.05, 0.1) is 5.56 Å². The lowest BCUT2D eigenvalue weighted by Gasteiger charge is -2.10. The van der Waals surface area contributed by atoms with Crippen molar-refractivity contribution in [2.75, 3.05) is 24.3 Å². The van der Waals surface area contributed by atoms with E-state index in [1.165, 1.54) is 11.3 Å². The Bertz CT molecular complexity index is 787. The van der Waals surface area contributed by atoms with Gasteiger partial charge in [0.15, 0.2) is 12.4 Å². The van der Waals surface area contributed by atoms with Crippen LogP contribution in [0.5, 0.6) is 0 Å². The molecule has 0 unspecified atom stereocenters. The second-order valence-electron chi connectivity index (χ2n) is 6.20.